The maximum absolute atomic E-state index is 12.5. The highest BCUT2D eigenvalue weighted by molar-refractivity contribution is 7.90. The summed E-state index contributed by atoms with van der Waals surface area (Å²) < 4.78 is 37.3. The fraction of sp³-hybridized carbons (Fsp3) is 0.278. The molecule has 0 heterocycles. The van der Waals surface area contributed by atoms with Crippen molar-refractivity contribution in [1.82, 2.24) is 4.72 Å². The number of aryl methyl sites for hydroxylation is 2. The molecule has 0 bridgehead atoms. The Hall–Kier alpha value is -2.54. The summed E-state index contributed by atoms with van der Waals surface area (Å²) in [5.74, 6) is 0.0336. The van der Waals surface area contributed by atoms with Crippen LogP contribution in [0.2, 0.25) is 0 Å². The average molecular weight is 361 g/mol. The lowest BCUT2D eigenvalue weighted by molar-refractivity contribution is 0.0981. The topological polar surface area (TPSA) is 81.7 Å². The van der Waals surface area contributed by atoms with E-state index >= 15 is 0 Å². The van der Waals surface area contributed by atoms with Gasteiger partial charge in [-0.25, -0.2) is 13.1 Å². The molecule has 0 saturated heterocycles. The van der Waals surface area contributed by atoms with Gasteiger partial charge in [0.1, 0.15) is 0 Å². The fourth-order valence-corrected chi connectivity index (χ4v) is 3.93. The molecule has 0 spiro atoms. The number of methoxy groups -OCH3 is 2. The maximum atomic E-state index is 12.5. The zero-order valence-electron chi connectivity index (χ0n) is 14.0. The minimum absolute atomic E-state index is 0.0698. The van der Waals surface area contributed by atoms with E-state index in [9.17, 15) is 13.2 Å². The fourth-order valence-electron chi connectivity index (χ4n) is 2.94. The molecule has 6 nitrogen and oxygen atoms in total. The van der Waals surface area contributed by atoms with Crippen molar-refractivity contribution in [2.45, 2.75) is 24.2 Å². The van der Waals surface area contributed by atoms with Gasteiger partial charge in [0.25, 0.3) is 15.9 Å². The van der Waals surface area contributed by atoms with E-state index in [0.29, 0.717) is 11.3 Å². The monoisotopic (exact) mass is 361 g/mol. The Labute approximate surface area is 146 Å². The molecule has 1 aliphatic carbocycles. The minimum Gasteiger partial charge on any atom is -0.493 e. The smallest absolute Gasteiger partial charge is 0.265 e. The van der Waals surface area contributed by atoms with Gasteiger partial charge in [-0.2, -0.15) is 0 Å². The van der Waals surface area contributed by atoms with E-state index in [1.165, 1.54) is 38.0 Å². The Morgan fingerprint density at radius 1 is 0.960 bits per heavy atom. The largest absolute Gasteiger partial charge is 0.493 e. The first kappa shape index (κ1) is 17.3. The van der Waals surface area contributed by atoms with Gasteiger partial charge in [-0.3, -0.25) is 4.79 Å². The van der Waals surface area contributed by atoms with Crippen LogP contribution in [0, 0.1) is 0 Å². The van der Waals surface area contributed by atoms with Gasteiger partial charge in [-0.15, -0.1) is 0 Å². The highest BCUT2D eigenvalue weighted by atomic mass is 32.2. The molecule has 1 N–H and O–H groups in total. The molecular weight excluding hydrogens is 342 g/mol. The first-order chi connectivity index (χ1) is 11.9. The van der Waals surface area contributed by atoms with Gasteiger partial charge < -0.3 is 9.47 Å². The molecule has 0 unspecified atom stereocenters. The number of carbonyl (C=O) groups is 1. The summed E-state index contributed by atoms with van der Waals surface area (Å²) in [7, 11) is -1.14. The molecule has 0 aliphatic heterocycles. The van der Waals surface area contributed by atoms with Gasteiger partial charge in [0.15, 0.2) is 11.5 Å². The molecule has 3 rings (SSSR count). The Morgan fingerprint density at radius 3 is 2.40 bits per heavy atom. The minimum atomic E-state index is -4.01. The summed E-state index contributed by atoms with van der Waals surface area (Å²) in [6, 6.07) is 9.47. The van der Waals surface area contributed by atoms with Crippen molar-refractivity contribution in [3.05, 3.63) is 53.1 Å². The van der Waals surface area contributed by atoms with Crippen LogP contribution in [0.1, 0.15) is 27.9 Å². The molecule has 0 radical (unpaired) electrons. The lowest BCUT2D eigenvalue weighted by Crippen LogP contribution is -2.30. The second-order valence-corrected chi connectivity index (χ2v) is 7.47. The number of nitrogens with one attached hydrogen (secondary N) is 1. The van der Waals surface area contributed by atoms with Crippen LogP contribution in [0.5, 0.6) is 11.5 Å². The number of sulfonamides is 1. The molecule has 1 amide bonds. The highest BCUT2D eigenvalue weighted by Gasteiger charge is 2.22. The van der Waals surface area contributed by atoms with Gasteiger partial charge in [-0.05, 0) is 54.7 Å². The summed E-state index contributed by atoms with van der Waals surface area (Å²) in [5, 5.41) is 0. The van der Waals surface area contributed by atoms with E-state index in [-0.39, 0.29) is 10.6 Å². The first-order valence-electron chi connectivity index (χ1n) is 7.85. The lowest BCUT2D eigenvalue weighted by Gasteiger charge is -2.11. The van der Waals surface area contributed by atoms with Crippen molar-refractivity contribution in [2.24, 2.45) is 0 Å². The van der Waals surface area contributed by atoms with E-state index in [4.69, 9.17) is 9.47 Å². The molecule has 0 fully saturated rings. The Balaban J connectivity index is 1.85. The second kappa shape index (κ2) is 6.76. The molecule has 0 aromatic heterocycles. The van der Waals surface area contributed by atoms with Gasteiger partial charge >= 0.3 is 0 Å². The summed E-state index contributed by atoms with van der Waals surface area (Å²) in [5.41, 5.74) is 2.67. The Morgan fingerprint density at radius 2 is 1.68 bits per heavy atom. The third-order valence-corrected chi connectivity index (χ3v) is 5.58. The van der Waals surface area contributed by atoms with Crippen LogP contribution in [0.25, 0.3) is 0 Å². The van der Waals surface area contributed by atoms with Gasteiger partial charge in [0, 0.05) is 11.6 Å². The number of ether oxygens (including phenoxy) is 2. The molecule has 7 heteroatoms. The number of amides is 1. The van der Waals surface area contributed by atoms with Crippen LogP contribution in [0.15, 0.2) is 41.3 Å². The number of hydrogen-bond donors (Lipinski definition) is 1. The van der Waals surface area contributed by atoms with E-state index in [2.05, 4.69) is 4.72 Å². The predicted molar refractivity (Wildman–Crippen MR) is 92.7 cm³/mol. The molecule has 132 valence electrons. The molecule has 0 atom stereocenters. The zero-order chi connectivity index (χ0) is 18.0. The summed E-state index contributed by atoms with van der Waals surface area (Å²) >= 11 is 0. The number of carbonyl (C=O) groups excluding carboxylic acids is 1. The summed E-state index contributed by atoms with van der Waals surface area (Å²) in [6.07, 6.45) is 2.98. The number of hydrogen-bond acceptors (Lipinski definition) is 5. The lowest BCUT2D eigenvalue weighted by atomic mass is 10.1. The number of benzene rings is 2. The SMILES string of the molecule is COc1ccc(S(=O)(=O)NC(=O)c2ccc3c(c2)CCC3)cc1OC. The second-order valence-electron chi connectivity index (χ2n) is 5.79. The van der Waals surface area contributed by atoms with Crippen LogP contribution in [0.4, 0.5) is 0 Å². The van der Waals surface area contributed by atoms with Crippen LogP contribution in [-0.4, -0.2) is 28.5 Å². The average Bonchev–Trinajstić information content (AvgIpc) is 3.08. The van der Waals surface area contributed by atoms with Crippen molar-refractivity contribution in [3.63, 3.8) is 0 Å². The molecule has 25 heavy (non-hydrogen) atoms. The van der Waals surface area contributed by atoms with Crippen molar-refractivity contribution in [1.29, 1.82) is 0 Å². The molecule has 2 aromatic carbocycles. The summed E-state index contributed by atoms with van der Waals surface area (Å²) in [6.45, 7) is 0. The van der Waals surface area contributed by atoms with Crippen molar-refractivity contribution < 1.29 is 22.7 Å². The quantitative estimate of drug-likeness (QED) is 0.884. The van der Waals surface area contributed by atoms with Crippen LogP contribution in [0.3, 0.4) is 0 Å². The van der Waals surface area contributed by atoms with Crippen molar-refractivity contribution >= 4 is 15.9 Å². The molecule has 0 saturated carbocycles. The standard InChI is InChI=1S/C18H19NO5S/c1-23-16-9-8-15(11-17(16)24-2)25(21,22)19-18(20)14-7-6-12-4-3-5-13(12)10-14/h6-11H,3-5H2,1-2H3,(H,19,20). The third kappa shape index (κ3) is 3.46. The number of rotatable bonds is 5. The molecule has 2 aromatic rings. The van der Waals surface area contributed by atoms with Crippen molar-refractivity contribution in [2.75, 3.05) is 14.2 Å². The van der Waals surface area contributed by atoms with Gasteiger partial charge in [-0.1, -0.05) is 6.07 Å². The van der Waals surface area contributed by atoms with E-state index in [1.54, 1.807) is 12.1 Å². The van der Waals surface area contributed by atoms with E-state index in [1.807, 2.05) is 6.07 Å². The van der Waals surface area contributed by atoms with E-state index in [0.717, 1.165) is 24.8 Å². The van der Waals surface area contributed by atoms with Gasteiger partial charge in [0.2, 0.25) is 0 Å². The van der Waals surface area contributed by atoms with E-state index < -0.39 is 15.9 Å². The maximum Gasteiger partial charge on any atom is 0.265 e. The highest BCUT2D eigenvalue weighted by Crippen LogP contribution is 2.29. The van der Waals surface area contributed by atoms with Crippen LogP contribution >= 0.6 is 0 Å². The van der Waals surface area contributed by atoms with Crippen molar-refractivity contribution in [3.8, 4) is 11.5 Å². The Kier molecular flexibility index (Phi) is 4.67. The predicted octanol–water partition coefficient (Wildman–Crippen LogP) is 2.31. The summed E-state index contributed by atoms with van der Waals surface area (Å²) in [4.78, 5) is 12.3. The molecular formula is C18H19NO5S. The van der Waals surface area contributed by atoms with Gasteiger partial charge in [0.05, 0.1) is 19.1 Å². The zero-order valence-corrected chi connectivity index (χ0v) is 14.9. The molecule has 1 aliphatic rings. The normalized spacial score (nSPS) is 13.2. The Bertz CT molecular complexity index is 921. The van der Waals surface area contributed by atoms with Crippen LogP contribution in [-0.2, 0) is 22.9 Å². The van der Waals surface area contributed by atoms with Crippen LogP contribution < -0.4 is 14.2 Å². The number of fused-ring (bicyclic) bond motifs is 1. The first-order valence-corrected chi connectivity index (χ1v) is 9.34. The third-order valence-electron chi connectivity index (χ3n) is 4.25.